The lowest BCUT2D eigenvalue weighted by Gasteiger charge is -2.26. The first kappa shape index (κ1) is 12.1. The number of likely N-dealkylation sites (tertiary alicyclic amines) is 1. The maximum atomic E-state index is 8.74. The molecule has 1 aromatic carbocycles. The SMILES string of the molecule is ON=C1CCN(Cc2ccc3ccccc3n2)CC1. The smallest absolute Gasteiger partial charge is 0.0705 e. The lowest BCUT2D eigenvalue weighted by Crippen LogP contribution is -2.33. The highest BCUT2D eigenvalue weighted by Crippen LogP contribution is 2.15. The molecule has 0 radical (unpaired) electrons. The molecule has 0 atom stereocenters. The van der Waals surface area contributed by atoms with Crippen LogP contribution < -0.4 is 0 Å². The van der Waals surface area contributed by atoms with Crippen molar-refractivity contribution >= 4 is 16.6 Å². The first-order chi connectivity index (χ1) is 9.35. The molecule has 19 heavy (non-hydrogen) atoms. The number of para-hydroxylation sites is 1. The van der Waals surface area contributed by atoms with Gasteiger partial charge in [-0.3, -0.25) is 9.88 Å². The number of aromatic nitrogens is 1. The standard InChI is InChI=1S/C15H17N3O/c19-17-13-7-9-18(10-8-13)11-14-6-5-12-3-1-2-4-15(12)16-14/h1-6,19H,7-11H2. The van der Waals surface area contributed by atoms with Crippen molar-refractivity contribution in [1.82, 2.24) is 9.88 Å². The van der Waals surface area contributed by atoms with Gasteiger partial charge in [-0.1, -0.05) is 29.4 Å². The molecule has 0 unspecified atom stereocenters. The summed E-state index contributed by atoms with van der Waals surface area (Å²) in [5.74, 6) is 0. The van der Waals surface area contributed by atoms with Crippen LogP contribution in [0.4, 0.5) is 0 Å². The monoisotopic (exact) mass is 255 g/mol. The number of nitrogens with zero attached hydrogens (tertiary/aromatic N) is 3. The van der Waals surface area contributed by atoms with Crippen LogP contribution in [0.2, 0.25) is 0 Å². The van der Waals surface area contributed by atoms with E-state index in [9.17, 15) is 0 Å². The summed E-state index contributed by atoms with van der Waals surface area (Å²) in [7, 11) is 0. The van der Waals surface area contributed by atoms with Crippen molar-refractivity contribution in [3.63, 3.8) is 0 Å². The molecule has 1 aliphatic rings. The number of benzene rings is 1. The third kappa shape index (κ3) is 2.74. The van der Waals surface area contributed by atoms with E-state index in [1.165, 1.54) is 5.39 Å². The van der Waals surface area contributed by atoms with E-state index in [1.807, 2.05) is 18.2 Å². The van der Waals surface area contributed by atoms with Crippen molar-refractivity contribution in [3.8, 4) is 0 Å². The van der Waals surface area contributed by atoms with Crippen LogP contribution in [-0.4, -0.2) is 33.9 Å². The van der Waals surface area contributed by atoms with Crippen molar-refractivity contribution in [2.45, 2.75) is 19.4 Å². The number of fused-ring (bicyclic) bond motifs is 1. The van der Waals surface area contributed by atoms with Gasteiger partial charge in [0.15, 0.2) is 0 Å². The van der Waals surface area contributed by atoms with E-state index in [1.54, 1.807) is 0 Å². The van der Waals surface area contributed by atoms with Crippen molar-refractivity contribution in [2.24, 2.45) is 5.16 Å². The number of rotatable bonds is 2. The van der Waals surface area contributed by atoms with Gasteiger partial charge in [-0.05, 0) is 12.1 Å². The second-order valence-corrected chi connectivity index (χ2v) is 4.94. The summed E-state index contributed by atoms with van der Waals surface area (Å²) in [5.41, 5.74) is 3.06. The van der Waals surface area contributed by atoms with Gasteiger partial charge in [-0.2, -0.15) is 0 Å². The molecule has 0 aliphatic carbocycles. The third-order valence-corrected chi connectivity index (χ3v) is 3.62. The number of piperidine rings is 1. The number of hydrogen-bond donors (Lipinski definition) is 1. The molecule has 4 heteroatoms. The maximum absolute atomic E-state index is 8.74. The summed E-state index contributed by atoms with van der Waals surface area (Å²) < 4.78 is 0. The van der Waals surface area contributed by atoms with E-state index in [-0.39, 0.29) is 0 Å². The Bertz CT molecular complexity index is 599. The minimum atomic E-state index is 0.851. The van der Waals surface area contributed by atoms with E-state index in [0.29, 0.717) is 0 Å². The van der Waals surface area contributed by atoms with Crippen LogP contribution in [0.3, 0.4) is 0 Å². The Labute approximate surface area is 112 Å². The average Bonchev–Trinajstić information content (AvgIpc) is 2.48. The number of hydrogen-bond acceptors (Lipinski definition) is 4. The van der Waals surface area contributed by atoms with Gasteiger partial charge < -0.3 is 5.21 Å². The van der Waals surface area contributed by atoms with Crippen LogP contribution in [0.25, 0.3) is 10.9 Å². The second kappa shape index (κ2) is 5.36. The molecule has 1 saturated heterocycles. The molecule has 0 spiro atoms. The van der Waals surface area contributed by atoms with Crippen molar-refractivity contribution in [1.29, 1.82) is 0 Å². The Morgan fingerprint density at radius 1 is 1.11 bits per heavy atom. The van der Waals surface area contributed by atoms with Gasteiger partial charge in [0.1, 0.15) is 0 Å². The van der Waals surface area contributed by atoms with Crippen LogP contribution in [0.15, 0.2) is 41.6 Å². The number of oxime groups is 1. The summed E-state index contributed by atoms with van der Waals surface area (Å²) in [4.78, 5) is 7.04. The van der Waals surface area contributed by atoms with E-state index in [0.717, 1.165) is 49.4 Å². The van der Waals surface area contributed by atoms with Crippen LogP contribution in [-0.2, 0) is 6.54 Å². The van der Waals surface area contributed by atoms with Crippen molar-refractivity contribution in [2.75, 3.05) is 13.1 Å². The first-order valence-corrected chi connectivity index (χ1v) is 6.62. The zero-order chi connectivity index (χ0) is 13.1. The molecular weight excluding hydrogens is 238 g/mol. The molecule has 3 rings (SSSR count). The van der Waals surface area contributed by atoms with Gasteiger partial charge in [-0.25, -0.2) is 0 Å². The Kier molecular flexibility index (Phi) is 3.42. The maximum Gasteiger partial charge on any atom is 0.0705 e. The lowest BCUT2D eigenvalue weighted by molar-refractivity contribution is 0.254. The minimum absolute atomic E-state index is 0.851. The first-order valence-electron chi connectivity index (χ1n) is 6.62. The Balaban J connectivity index is 1.71. The van der Waals surface area contributed by atoms with Crippen LogP contribution in [0.5, 0.6) is 0 Å². The molecule has 1 aromatic heterocycles. The fraction of sp³-hybridized carbons (Fsp3) is 0.333. The Morgan fingerprint density at radius 2 is 1.89 bits per heavy atom. The fourth-order valence-corrected chi connectivity index (χ4v) is 2.49. The predicted molar refractivity (Wildman–Crippen MR) is 75.5 cm³/mol. The molecule has 4 nitrogen and oxygen atoms in total. The van der Waals surface area contributed by atoms with Crippen LogP contribution in [0.1, 0.15) is 18.5 Å². The molecule has 0 amide bonds. The van der Waals surface area contributed by atoms with Gasteiger partial charge >= 0.3 is 0 Å². The molecule has 1 aliphatic heterocycles. The molecule has 0 bridgehead atoms. The molecule has 1 N–H and O–H groups in total. The summed E-state index contributed by atoms with van der Waals surface area (Å²) in [6, 6.07) is 12.4. The van der Waals surface area contributed by atoms with E-state index in [4.69, 9.17) is 5.21 Å². The van der Waals surface area contributed by atoms with E-state index in [2.05, 4.69) is 33.2 Å². The highest BCUT2D eigenvalue weighted by Gasteiger charge is 2.15. The summed E-state index contributed by atoms with van der Waals surface area (Å²) in [5, 5.41) is 13.2. The highest BCUT2D eigenvalue weighted by molar-refractivity contribution is 5.84. The largest absolute Gasteiger partial charge is 0.411 e. The highest BCUT2D eigenvalue weighted by atomic mass is 16.4. The van der Waals surface area contributed by atoms with Crippen LogP contribution >= 0.6 is 0 Å². The van der Waals surface area contributed by atoms with Gasteiger partial charge in [0.05, 0.1) is 16.9 Å². The van der Waals surface area contributed by atoms with Crippen molar-refractivity contribution in [3.05, 3.63) is 42.1 Å². The summed E-state index contributed by atoms with van der Waals surface area (Å²) >= 11 is 0. The molecule has 98 valence electrons. The van der Waals surface area contributed by atoms with E-state index < -0.39 is 0 Å². The minimum Gasteiger partial charge on any atom is -0.411 e. The van der Waals surface area contributed by atoms with Gasteiger partial charge in [0, 0.05) is 37.9 Å². The second-order valence-electron chi connectivity index (χ2n) is 4.94. The third-order valence-electron chi connectivity index (χ3n) is 3.62. The van der Waals surface area contributed by atoms with E-state index >= 15 is 0 Å². The Morgan fingerprint density at radius 3 is 2.68 bits per heavy atom. The molecule has 1 fully saturated rings. The average molecular weight is 255 g/mol. The van der Waals surface area contributed by atoms with Crippen LogP contribution in [0, 0.1) is 0 Å². The molecule has 2 aromatic rings. The predicted octanol–water partition coefficient (Wildman–Crippen LogP) is 2.66. The normalized spacial score (nSPS) is 16.7. The topological polar surface area (TPSA) is 48.7 Å². The number of pyridine rings is 1. The zero-order valence-corrected chi connectivity index (χ0v) is 10.8. The molecular formula is C15H17N3O. The summed E-state index contributed by atoms with van der Waals surface area (Å²) in [6.07, 6.45) is 1.70. The zero-order valence-electron chi connectivity index (χ0n) is 10.8. The van der Waals surface area contributed by atoms with Crippen molar-refractivity contribution < 1.29 is 5.21 Å². The molecule has 0 saturated carbocycles. The fourth-order valence-electron chi connectivity index (χ4n) is 2.49. The van der Waals surface area contributed by atoms with Gasteiger partial charge in [0.25, 0.3) is 0 Å². The van der Waals surface area contributed by atoms with Gasteiger partial charge in [0.2, 0.25) is 0 Å². The Hall–Kier alpha value is -1.94. The van der Waals surface area contributed by atoms with Gasteiger partial charge in [-0.15, -0.1) is 0 Å². The molecule has 2 heterocycles. The summed E-state index contributed by atoms with van der Waals surface area (Å²) in [6.45, 7) is 2.74. The quantitative estimate of drug-likeness (QED) is 0.663. The lowest BCUT2D eigenvalue weighted by atomic mass is 10.1.